The van der Waals surface area contributed by atoms with Gasteiger partial charge in [-0.1, -0.05) is 185 Å². The number of likely N-dealkylation sites (N-methyl/N-ethyl adjacent to an activating group) is 1. The number of carbonyl (C=O) groups excluding carboxylic acids is 2. The van der Waals surface area contributed by atoms with Gasteiger partial charge in [0.1, 0.15) is 6.61 Å². The van der Waals surface area contributed by atoms with Crippen molar-refractivity contribution in [1.82, 2.24) is 0 Å². The number of unbranched alkanes of at least 4 members (excludes halogenated alkanes) is 23. The molecule has 0 rings (SSSR count). The Hall–Kier alpha value is -2.45. The number of allylic oxidation sites excluding steroid dienone is 6. The van der Waals surface area contributed by atoms with Crippen molar-refractivity contribution in [3.05, 3.63) is 36.5 Å². The zero-order chi connectivity index (χ0) is 42.8. The second-order valence-electron chi connectivity index (χ2n) is 17.3. The van der Waals surface area contributed by atoms with Crippen molar-refractivity contribution in [3.63, 3.8) is 0 Å². The smallest absolute Gasteiger partial charge is 0.362 e. The number of ether oxygens (including phenoxy) is 3. The molecule has 8 nitrogen and oxygen atoms in total. The van der Waals surface area contributed by atoms with Crippen LogP contribution in [-0.2, 0) is 28.6 Å². The highest BCUT2D eigenvalue weighted by molar-refractivity contribution is 5.72. The molecule has 0 amide bonds. The summed E-state index contributed by atoms with van der Waals surface area (Å²) in [5.41, 5.74) is 0. The standard InChI is InChI=1S/C50H91NO7/c1-6-8-10-12-14-16-18-20-22-24-26-28-30-32-34-36-38-40-48(52)57-45-46(44-56-43-42-47(50(54)55)51(3,4)5)58-49(53)41-39-37-35-33-31-29-27-25-23-21-19-17-15-13-11-9-7-2/h9,11,15,17,21,23,46-47H,6-8,10,12-14,16,18-20,22,24-45H2,1-5H3/p+1/b11-9-,17-15-,23-21-. The summed E-state index contributed by atoms with van der Waals surface area (Å²) >= 11 is 0. The van der Waals surface area contributed by atoms with Crippen LogP contribution in [-0.4, -0.2) is 80.6 Å². The van der Waals surface area contributed by atoms with Crippen molar-refractivity contribution < 1.29 is 38.2 Å². The van der Waals surface area contributed by atoms with Gasteiger partial charge in [0.05, 0.1) is 34.4 Å². The van der Waals surface area contributed by atoms with E-state index in [0.29, 0.717) is 19.3 Å². The highest BCUT2D eigenvalue weighted by Gasteiger charge is 2.31. The zero-order valence-electron chi connectivity index (χ0n) is 38.5. The largest absolute Gasteiger partial charge is 0.477 e. The van der Waals surface area contributed by atoms with Crippen LogP contribution in [0.2, 0.25) is 0 Å². The molecule has 0 aromatic heterocycles. The lowest BCUT2D eigenvalue weighted by atomic mass is 10.0. The van der Waals surface area contributed by atoms with E-state index in [1.807, 2.05) is 21.1 Å². The van der Waals surface area contributed by atoms with Crippen LogP contribution in [0.25, 0.3) is 0 Å². The van der Waals surface area contributed by atoms with Crippen LogP contribution in [0.4, 0.5) is 0 Å². The molecule has 338 valence electrons. The summed E-state index contributed by atoms with van der Waals surface area (Å²) in [6.07, 6.45) is 47.5. The van der Waals surface area contributed by atoms with Crippen molar-refractivity contribution in [3.8, 4) is 0 Å². The van der Waals surface area contributed by atoms with Crippen LogP contribution in [0.3, 0.4) is 0 Å². The number of carboxylic acids is 1. The molecule has 0 aliphatic carbocycles. The predicted molar refractivity (Wildman–Crippen MR) is 243 cm³/mol. The minimum atomic E-state index is -0.875. The summed E-state index contributed by atoms with van der Waals surface area (Å²) in [5, 5.41) is 9.64. The Balaban J connectivity index is 4.28. The average Bonchev–Trinajstić information content (AvgIpc) is 3.18. The zero-order valence-corrected chi connectivity index (χ0v) is 38.5. The lowest BCUT2D eigenvalue weighted by Crippen LogP contribution is -2.50. The minimum absolute atomic E-state index is 0.0518. The van der Waals surface area contributed by atoms with Crippen molar-refractivity contribution in [2.45, 2.75) is 225 Å². The SMILES string of the molecule is CC/C=C\C/C=C\C/C=C\CCCCCCCCCC(=O)OC(COCCC(C(=O)O)[N+](C)(C)C)COC(=O)CCCCCCCCCCCCCCCCCCC. The number of nitrogens with zero attached hydrogens (tertiary/aromatic N) is 1. The summed E-state index contributed by atoms with van der Waals surface area (Å²) in [4.78, 5) is 37.1. The second-order valence-corrected chi connectivity index (χ2v) is 17.3. The third-order valence-corrected chi connectivity index (χ3v) is 10.8. The number of hydrogen-bond donors (Lipinski definition) is 1. The summed E-state index contributed by atoms with van der Waals surface area (Å²) in [6, 6.07) is -0.615. The molecule has 1 N–H and O–H groups in total. The molecular weight excluding hydrogens is 727 g/mol. The molecule has 8 heteroatoms. The Bertz CT molecular complexity index is 1050. The van der Waals surface area contributed by atoms with Gasteiger partial charge in [0.15, 0.2) is 12.1 Å². The average molecular weight is 819 g/mol. The molecule has 2 atom stereocenters. The molecule has 0 aliphatic rings. The summed E-state index contributed by atoms with van der Waals surface area (Å²) < 4.78 is 17.3. The van der Waals surface area contributed by atoms with Crippen LogP contribution < -0.4 is 0 Å². The second kappa shape index (κ2) is 41.3. The maximum atomic E-state index is 12.8. The lowest BCUT2D eigenvalue weighted by molar-refractivity contribution is -0.887. The highest BCUT2D eigenvalue weighted by atomic mass is 16.6. The number of quaternary nitrogens is 1. The van der Waals surface area contributed by atoms with E-state index in [4.69, 9.17) is 14.2 Å². The van der Waals surface area contributed by atoms with Crippen molar-refractivity contribution in [2.24, 2.45) is 0 Å². The van der Waals surface area contributed by atoms with Gasteiger partial charge in [-0.3, -0.25) is 9.59 Å². The van der Waals surface area contributed by atoms with Crippen molar-refractivity contribution in [1.29, 1.82) is 0 Å². The van der Waals surface area contributed by atoms with Gasteiger partial charge in [-0.25, -0.2) is 4.79 Å². The predicted octanol–water partition coefficient (Wildman–Crippen LogP) is 13.4. The fourth-order valence-corrected chi connectivity index (χ4v) is 7.11. The molecule has 0 aliphatic heterocycles. The molecule has 0 aromatic carbocycles. The molecule has 58 heavy (non-hydrogen) atoms. The first kappa shape index (κ1) is 55.5. The lowest BCUT2D eigenvalue weighted by Gasteiger charge is -2.31. The molecule has 2 unspecified atom stereocenters. The first-order chi connectivity index (χ1) is 28.1. The Kier molecular flexibility index (Phi) is 39.5. The first-order valence-corrected chi connectivity index (χ1v) is 24.0. The van der Waals surface area contributed by atoms with Gasteiger partial charge >= 0.3 is 17.9 Å². The highest BCUT2D eigenvalue weighted by Crippen LogP contribution is 2.16. The third-order valence-electron chi connectivity index (χ3n) is 10.8. The third kappa shape index (κ3) is 39.0. The Morgan fingerprint density at radius 3 is 1.43 bits per heavy atom. The van der Waals surface area contributed by atoms with Gasteiger partial charge in [0.25, 0.3) is 0 Å². The number of carboxylic acid groups (broad SMARTS) is 1. The first-order valence-electron chi connectivity index (χ1n) is 24.0. The maximum absolute atomic E-state index is 12.8. The van der Waals surface area contributed by atoms with E-state index < -0.39 is 18.1 Å². The van der Waals surface area contributed by atoms with Crippen molar-refractivity contribution in [2.75, 3.05) is 41.0 Å². The van der Waals surface area contributed by atoms with Crippen LogP contribution in [0, 0.1) is 0 Å². The molecular formula is C50H92NO7+. The molecule has 0 spiro atoms. The molecule has 0 saturated carbocycles. The van der Waals surface area contributed by atoms with Gasteiger partial charge in [-0.15, -0.1) is 0 Å². The topological polar surface area (TPSA) is 99.1 Å². The number of carbonyl (C=O) groups is 3. The number of rotatable bonds is 43. The Morgan fingerprint density at radius 2 is 0.966 bits per heavy atom. The Labute approximate surface area is 357 Å². The Morgan fingerprint density at radius 1 is 0.534 bits per heavy atom. The molecule has 0 saturated heterocycles. The van der Waals surface area contributed by atoms with Gasteiger partial charge < -0.3 is 23.8 Å². The van der Waals surface area contributed by atoms with Crippen LogP contribution in [0.15, 0.2) is 36.5 Å². The summed E-state index contributed by atoms with van der Waals surface area (Å²) in [5.74, 6) is -1.47. The number of hydrogen-bond acceptors (Lipinski definition) is 6. The van der Waals surface area contributed by atoms with E-state index in [0.717, 1.165) is 64.2 Å². The van der Waals surface area contributed by atoms with Crippen LogP contribution in [0.5, 0.6) is 0 Å². The van der Waals surface area contributed by atoms with Crippen molar-refractivity contribution >= 4 is 17.9 Å². The molecule has 0 fully saturated rings. The summed E-state index contributed by atoms with van der Waals surface area (Å²) in [6.45, 7) is 4.64. The van der Waals surface area contributed by atoms with E-state index in [-0.39, 0.29) is 36.2 Å². The van der Waals surface area contributed by atoms with Gasteiger partial charge in [0, 0.05) is 19.3 Å². The number of aliphatic carboxylic acids is 1. The van der Waals surface area contributed by atoms with Gasteiger partial charge in [0.2, 0.25) is 0 Å². The van der Waals surface area contributed by atoms with E-state index in [9.17, 15) is 19.5 Å². The quantitative estimate of drug-likeness (QED) is 0.0283. The van der Waals surface area contributed by atoms with E-state index in [1.165, 1.54) is 116 Å². The monoisotopic (exact) mass is 819 g/mol. The van der Waals surface area contributed by atoms with E-state index >= 15 is 0 Å². The minimum Gasteiger partial charge on any atom is -0.477 e. The maximum Gasteiger partial charge on any atom is 0.362 e. The van der Waals surface area contributed by atoms with Crippen LogP contribution >= 0.6 is 0 Å². The van der Waals surface area contributed by atoms with E-state index in [1.54, 1.807) is 0 Å². The van der Waals surface area contributed by atoms with Gasteiger partial charge in [-0.2, -0.15) is 0 Å². The normalized spacial score (nSPS) is 13.2. The number of esters is 2. The fourth-order valence-electron chi connectivity index (χ4n) is 7.11. The van der Waals surface area contributed by atoms with E-state index in [2.05, 4.69) is 50.3 Å². The molecule has 0 heterocycles. The summed E-state index contributed by atoms with van der Waals surface area (Å²) in [7, 11) is 5.53. The fraction of sp³-hybridized carbons (Fsp3) is 0.820. The van der Waals surface area contributed by atoms with Crippen LogP contribution in [0.1, 0.15) is 213 Å². The molecule has 0 radical (unpaired) electrons. The van der Waals surface area contributed by atoms with Gasteiger partial charge in [-0.05, 0) is 44.9 Å². The molecule has 0 bridgehead atoms. The molecule has 0 aromatic rings.